The molecular formula is C21H23FN2OS. The molecule has 2 aromatic rings. The molecule has 0 saturated heterocycles. The molecule has 0 fully saturated rings. The summed E-state index contributed by atoms with van der Waals surface area (Å²) in [6, 6.07) is 8.13. The van der Waals surface area contributed by atoms with Crippen molar-refractivity contribution in [2.45, 2.75) is 46.5 Å². The molecule has 26 heavy (non-hydrogen) atoms. The second kappa shape index (κ2) is 7.20. The van der Waals surface area contributed by atoms with Crippen molar-refractivity contribution in [1.29, 1.82) is 5.26 Å². The zero-order valence-electron chi connectivity index (χ0n) is 15.4. The zero-order valence-corrected chi connectivity index (χ0v) is 16.2. The molecular weight excluding hydrogens is 347 g/mol. The minimum Gasteiger partial charge on any atom is -0.312 e. The lowest BCUT2D eigenvalue weighted by Gasteiger charge is -2.36. The van der Waals surface area contributed by atoms with E-state index in [4.69, 9.17) is 0 Å². The van der Waals surface area contributed by atoms with Crippen molar-refractivity contribution >= 4 is 22.2 Å². The fourth-order valence-electron chi connectivity index (χ4n) is 3.56. The van der Waals surface area contributed by atoms with E-state index in [-0.39, 0.29) is 11.0 Å². The third kappa shape index (κ3) is 3.39. The predicted octanol–water partition coefficient (Wildman–Crippen LogP) is 5.55. The van der Waals surface area contributed by atoms with Crippen molar-refractivity contribution in [1.82, 2.24) is 0 Å². The Morgan fingerprint density at radius 2 is 2.15 bits per heavy atom. The van der Waals surface area contributed by atoms with Crippen LogP contribution in [-0.2, 0) is 12.8 Å². The van der Waals surface area contributed by atoms with Crippen molar-refractivity contribution in [2.24, 2.45) is 11.3 Å². The van der Waals surface area contributed by atoms with Gasteiger partial charge in [0, 0.05) is 4.88 Å². The molecule has 3 rings (SSSR count). The van der Waals surface area contributed by atoms with E-state index in [1.165, 1.54) is 28.3 Å². The van der Waals surface area contributed by atoms with E-state index in [2.05, 4.69) is 32.2 Å². The van der Waals surface area contributed by atoms with Gasteiger partial charge in [-0.25, -0.2) is 4.39 Å². The van der Waals surface area contributed by atoms with Crippen molar-refractivity contribution < 1.29 is 9.18 Å². The number of carbonyl (C=O) groups excluding carboxylic acids is 1. The van der Waals surface area contributed by atoms with Crippen molar-refractivity contribution in [3.63, 3.8) is 0 Å². The van der Waals surface area contributed by atoms with Crippen LogP contribution < -0.4 is 5.32 Å². The first kappa shape index (κ1) is 18.6. The summed E-state index contributed by atoms with van der Waals surface area (Å²) in [5.74, 6) is -0.501. The molecule has 1 aliphatic rings. The summed E-state index contributed by atoms with van der Waals surface area (Å²) in [4.78, 5) is 13.6. The molecule has 1 aliphatic carbocycles. The first-order chi connectivity index (χ1) is 12.4. The normalized spacial score (nSPS) is 16.7. The number of hydrogen-bond acceptors (Lipinski definition) is 3. The van der Waals surface area contributed by atoms with Gasteiger partial charge in [-0.1, -0.05) is 39.3 Å². The second-order valence-electron chi connectivity index (χ2n) is 7.54. The van der Waals surface area contributed by atoms with Crippen LogP contribution in [0.1, 0.15) is 60.0 Å². The molecule has 1 atom stereocenters. The van der Waals surface area contributed by atoms with E-state index in [1.807, 2.05) is 0 Å². The van der Waals surface area contributed by atoms with Crippen LogP contribution in [0.4, 0.5) is 9.39 Å². The van der Waals surface area contributed by atoms with E-state index in [0.29, 0.717) is 16.5 Å². The summed E-state index contributed by atoms with van der Waals surface area (Å²) in [7, 11) is 0. The van der Waals surface area contributed by atoms with Crippen LogP contribution in [0.5, 0.6) is 0 Å². The molecule has 0 aliphatic heterocycles. The number of thiophene rings is 1. The molecule has 0 saturated carbocycles. The number of carbonyl (C=O) groups is 1. The van der Waals surface area contributed by atoms with E-state index < -0.39 is 11.7 Å². The van der Waals surface area contributed by atoms with Gasteiger partial charge < -0.3 is 5.32 Å². The monoisotopic (exact) mass is 370 g/mol. The van der Waals surface area contributed by atoms with Gasteiger partial charge in [-0.05, 0) is 48.3 Å². The number of halogens is 1. The fourth-order valence-corrected chi connectivity index (χ4v) is 4.84. The summed E-state index contributed by atoms with van der Waals surface area (Å²) < 4.78 is 13.9. The van der Waals surface area contributed by atoms with E-state index in [9.17, 15) is 14.4 Å². The molecule has 1 heterocycles. The lowest BCUT2D eigenvalue weighted by molar-refractivity contribution is 0.102. The Labute approximate surface area is 157 Å². The van der Waals surface area contributed by atoms with Crippen molar-refractivity contribution in [3.8, 4) is 6.07 Å². The Hall–Kier alpha value is -2.19. The highest BCUT2D eigenvalue weighted by atomic mass is 32.1. The summed E-state index contributed by atoms with van der Waals surface area (Å²) in [5.41, 5.74) is 1.85. The number of nitrogens with one attached hydrogen (secondary N) is 1. The Kier molecular flexibility index (Phi) is 5.15. The Bertz CT molecular complexity index is 879. The second-order valence-corrected chi connectivity index (χ2v) is 8.64. The Balaban J connectivity index is 1.88. The van der Waals surface area contributed by atoms with Gasteiger partial charge >= 0.3 is 0 Å². The molecule has 0 radical (unpaired) electrons. The van der Waals surface area contributed by atoms with Crippen LogP contribution in [0, 0.1) is 28.5 Å². The summed E-state index contributed by atoms with van der Waals surface area (Å²) >= 11 is 1.47. The van der Waals surface area contributed by atoms with Gasteiger partial charge in [-0.3, -0.25) is 4.79 Å². The largest absolute Gasteiger partial charge is 0.312 e. The zero-order chi connectivity index (χ0) is 18.9. The van der Waals surface area contributed by atoms with Gasteiger partial charge in [0.2, 0.25) is 0 Å². The third-order valence-electron chi connectivity index (χ3n) is 5.74. The number of benzene rings is 1. The SMILES string of the molecule is CCC(C)(C)[C@@H]1CCc2c(sc(NC(=O)c3ccccc3F)c2C#N)C1. The van der Waals surface area contributed by atoms with Crippen LogP contribution >= 0.6 is 11.3 Å². The maximum Gasteiger partial charge on any atom is 0.259 e. The summed E-state index contributed by atoms with van der Waals surface area (Å²) in [5, 5.41) is 12.9. The summed E-state index contributed by atoms with van der Waals surface area (Å²) in [6.45, 7) is 6.80. The molecule has 1 aromatic heterocycles. The van der Waals surface area contributed by atoms with Gasteiger partial charge in [-0.15, -0.1) is 11.3 Å². The number of nitriles is 1. The van der Waals surface area contributed by atoms with Gasteiger partial charge in [0.1, 0.15) is 16.9 Å². The predicted molar refractivity (Wildman–Crippen MR) is 103 cm³/mol. The smallest absolute Gasteiger partial charge is 0.259 e. The van der Waals surface area contributed by atoms with Crippen molar-refractivity contribution in [3.05, 3.63) is 51.7 Å². The maximum absolute atomic E-state index is 13.9. The number of amides is 1. The highest BCUT2D eigenvalue weighted by molar-refractivity contribution is 7.16. The number of rotatable bonds is 4. The molecule has 0 unspecified atom stereocenters. The molecule has 136 valence electrons. The average Bonchev–Trinajstić information content (AvgIpc) is 2.97. The minimum atomic E-state index is -0.561. The number of nitrogens with zero attached hydrogens (tertiary/aromatic N) is 1. The van der Waals surface area contributed by atoms with E-state index in [1.54, 1.807) is 12.1 Å². The Morgan fingerprint density at radius 3 is 2.81 bits per heavy atom. The van der Waals surface area contributed by atoms with Crippen LogP contribution in [0.2, 0.25) is 0 Å². The molecule has 1 N–H and O–H groups in total. The molecule has 0 bridgehead atoms. The summed E-state index contributed by atoms with van der Waals surface area (Å²) in [6.07, 6.45) is 3.96. The maximum atomic E-state index is 13.9. The van der Waals surface area contributed by atoms with E-state index in [0.717, 1.165) is 31.2 Å². The molecule has 1 aromatic carbocycles. The minimum absolute atomic E-state index is 0.00671. The standard InChI is InChI=1S/C21H23FN2OS/c1-4-21(2,3)13-9-10-14-16(12-23)20(26-18(14)11-13)24-19(25)15-7-5-6-8-17(15)22/h5-8,13H,4,9-11H2,1-3H3,(H,24,25)/t13-/m1/s1. The topological polar surface area (TPSA) is 52.9 Å². The van der Waals surface area contributed by atoms with Crippen LogP contribution in [-0.4, -0.2) is 5.91 Å². The van der Waals surface area contributed by atoms with Crippen molar-refractivity contribution in [2.75, 3.05) is 5.32 Å². The van der Waals surface area contributed by atoms with Gasteiger partial charge in [0.25, 0.3) is 5.91 Å². The fraction of sp³-hybridized carbons (Fsp3) is 0.429. The highest BCUT2D eigenvalue weighted by Crippen LogP contribution is 2.45. The van der Waals surface area contributed by atoms with E-state index >= 15 is 0 Å². The van der Waals surface area contributed by atoms with Gasteiger partial charge in [0.05, 0.1) is 11.1 Å². The first-order valence-corrected chi connectivity index (χ1v) is 9.79. The van der Waals surface area contributed by atoms with Crippen LogP contribution in [0.15, 0.2) is 24.3 Å². The third-order valence-corrected chi connectivity index (χ3v) is 6.91. The molecule has 5 heteroatoms. The van der Waals surface area contributed by atoms with Crippen LogP contribution in [0.3, 0.4) is 0 Å². The quantitative estimate of drug-likeness (QED) is 0.767. The number of fused-ring (bicyclic) bond motifs is 1. The number of hydrogen-bond donors (Lipinski definition) is 1. The lowest BCUT2D eigenvalue weighted by atomic mass is 9.69. The molecule has 3 nitrogen and oxygen atoms in total. The molecule has 0 spiro atoms. The molecule has 1 amide bonds. The first-order valence-electron chi connectivity index (χ1n) is 8.98. The van der Waals surface area contributed by atoms with Gasteiger partial charge in [-0.2, -0.15) is 5.26 Å². The van der Waals surface area contributed by atoms with Gasteiger partial charge in [0.15, 0.2) is 0 Å². The average molecular weight is 370 g/mol. The highest BCUT2D eigenvalue weighted by Gasteiger charge is 2.34. The lowest BCUT2D eigenvalue weighted by Crippen LogP contribution is -2.28. The van der Waals surface area contributed by atoms with Crippen LogP contribution in [0.25, 0.3) is 0 Å². The Morgan fingerprint density at radius 1 is 1.42 bits per heavy atom. The number of anilines is 1.